The number of carbonyl (C=O) groups excluding carboxylic acids is 3. The SMILES string of the molecule is Cc1cccc(C(=O)OCC(=O)Nc2ccc(N3CCCC3=O)cc2)c1. The molecule has 0 aromatic heterocycles. The van der Waals surface area contributed by atoms with Crippen molar-refractivity contribution < 1.29 is 19.1 Å². The van der Waals surface area contributed by atoms with Crippen LogP contribution in [0.25, 0.3) is 0 Å². The van der Waals surface area contributed by atoms with E-state index in [0.717, 1.165) is 24.2 Å². The van der Waals surface area contributed by atoms with Crippen molar-refractivity contribution in [2.75, 3.05) is 23.4 Å². The Morgan fingerprint density at radius 2 is 1.92 bits per heavy atom. The zero-order valence-corrected chi connectivity index (χ0v) is 14.5. The fourth-order valence-electron chi connectivity index (χ4n) is 2.83. The van der Waals surface area contributed by atoms with Gasteiger partial charge in [0.15, 0.2) is 6.61 Å². The molecule has 1 saturated heterocycles. The quantitative estimate of drug-likeness (QED) is 0.840. The fraction of sp³-hybridized carbons (Fsp3) is 0.250. The molecule has 1 aliphatic heterocycles. The van der Waals surface area contributed by atoms with Crippen LogP contribution in [0.15, 0.2) is 48.5 Å². The summed E-state index contributed by atoms with van der Waals surface area (Å²) in [5.74, 6) is -0.840. The molecular weight excluding hydrogens is 332 g/mol. The molecule has 134 valence electrons. The Bertz CT molecular complexity index is 830. The van der Waals surface area contributed by atoms with E-state index in [1.54, 1.807) is 47.4 Å². The fourth-order valence-corrected chi connectivity index (χ4v) is 2.83. The number of rotatable bonds is 5. The first-order chi connectivity index (χ1) is 12.5. The largest absolute Gasteiger partial charge is 0.452 e. The summed E-state index contributed by atoms with van der Waals surface area (Å²) in [7, 11) is 0. The molecule has 26 heavy (non-hydrogen) atoms. The molecule has 1 heterocycles. The highest BCUT2D eigenvalue weighted by molar-refractivity contribution is 5.97. The second-order valence-electron chi connectivity index (χ2n) is 6.19. The standard InChI is InChI=1S/C20H20N2O4/c1-14-4-2-5-15(12-14)20(25)26-13-18(23)21-16-7-9-17(10-8-16)22-11-3-6-19(22)24/h2,4-5,7-10,12H,3,6,11,13H2,1H3,(H,21,23). The van der Waals surface area contributed by atoms with Crippen LogP contribution in [-0.4, -0.2) is 30.9 Å². The summed E-state index contributed by atoms with van der Waals surface area (Å²) in [6.07, 6.45) is 1.44. The van der Waals surface area contributed by atoms with Gasteiger partial charge in [0, 0.05) is 24.3 Å². The summed E-state index contributed by atoms with van der Waals surface area (Å²) in [5, 5.41) is 2.67. The van der Waals surface area contributed by atoms with Gasteiger partial charge in [0.1, 0.15) is 0 Å². The zero-order valence-electron chi connectivity index (χ0n) is 14.5. The van der Waals surface area contributed by atoms with Crippen molar-refractivity contribution in [3.63, 3.8) is 0 Å². The van der Waals surface area contributed by atoms with E-state index in [4.69, 9.17) is 4.74 Å². The summed E-state index contributed by atoms with van der Waals surface area (Å²) >= 11 is 0. The maximum absolute atomic E-state index is 12.0. The Labute approximate surface area is 151 Å². The maximum Gasteiger partial charge on any atom is 0.338 e. The molecule has 6 heteroatoms. The summed E-state index contributed by atoms with van der Waals surface area (Å²) < 4.78 is 5.03. The lowest BCUT2D eigenvalue weighted by molar-refractivity contribution is -0.119. The van der Waals surface area contributed by atoms with E-state index in [1.165, 1.54) is 0 Å². The van der Waals surface area contributed by atoms with E-state index < -0.39 is 11.9 Å². The minimum Gasteiger partial charge on any atom is -0.452 e. The lowest BCUT2D eigenvalue weighted by atomic mass is 10.1. The van der Waals surface area contributed by atoms with Crippen molar-refractivity contribution in [1.82, 2.24) is 0 Å². The minimum absolute atomic E-state index is 0.116. The van der Waals surface area contributed by atoms with Crippen molar-refractivity contribution in [3.8, 4) is 0 Å². The van der Waals surface area contributed by atoms with E-state index in [-0.39, 0.29) is 12.5 Å². The third-order valence-corrected chi connectivity index (χ3v) is 4.12. The number of hydrogen-bond acceptors (Lipinski definition) is 4. The second kappa shape index (κ2) is 7.82. The molecule has 0 unspecified atom stereocenters. The summed E-state index contributed by atoms with van der Waals surface area (Å²) in [6, 6.07) is 14.0. The number of ether oxygens (including phenoxy) is 1. The number of aryl methyl sites for hydroxylation is 1. The molecule has 0 spiro atoms. The maximum atomic E-state index is 12.0. The molecule has 0 bridgehead atoms. The van der Waals surface area contributed by atoms with E-state index >= 15 is 0 Å². The van der Waals surface area contributed by atoms with Crippen molar-refractivity contribution in [1.29, 1.82) is 0 Å². The third kappa shape index (κ3) is 4.27. The number of nitrogens with one attached hydrogen (secondary N) is 1. The van der Waals surface area contributed by atoms with Gasteiger partial charge in [-0.25, -0.2) is 4.79 Å². The highest BCUT2D eigenvalue weighted by Crippen LogP contribution is 2.23. The lowest BCUT2D eigenvalue weighted by Crippen LogP contribution is -2.23. The monoisotopic (exact) mass is 352 g/mol. The molecule has 1 N–H and O–H groups in total. The van der Waals surface area contributed by atoms with E-state index in [1.807, 2.05) is 13.0 Å². The number of hydrogen-bond donors (Lipinski definition) is 1. The van der Waals surface area contributed by atoms with Gasteiger partial charge in [-0.2, -0.15) is 0 Å². The predicted octanol–water partition coefficient (Wildman–Crippen LogP) is 2.92. The number of amides is 2. The Morgan fingerprint density at radius 3 is 2.58 bits per heavy atom. The first-order valence-corrected chi connectivity index (χ1v) is 8.47. The molecule has 0 atom stereocenters. The van der Waals surface area contributed by atoms with Gasteiger partial charge >= 0.3 is 5.97 Å². The van der Waals surface area contributed by atoms with Crippen molar-refractivity contribution in [3.05, 3.63) is 59.7 Å². The average Bonchev–Trinajstić information content (AvgIpc) is 3.06. The van der Waals surface area contributed by atoms with Gasteiger partial charge < -0.3 is 15.0 Å². The molecule has 1 aliphatic rings. The molecule has 0 saturated carbocycles. The predicted molar refractivity (Wildman–Crippen MR) is 98.1 cm³/mol. The van der Waals surface area contributed by atoms with Gasteiger partial charge in [0.25, 0.3) is 5.91 Å². The van der Waals surface area contributed by atoms with Crippen LogP contribution < -0.4 is 10.2 Å². The summed E-state index contributed by atoms with van der Waals surface area (Å²) in [5.41, 5.74) is 2.76. The first kappa shape index (κ1) is 17.7. The van der Waals surface area contributed by atoms with Gasteiger partial charge in [-0.05, 0) is 49.7 Å². The van der Waals surface area contributed by atoms with Gasteiger partial charge in [-0.1, -0.05) is 17.7 Å². The number of nitrogens with zero attached hydrogens (tertiary/aromatic N) is 1. The van der Waals surface area contributed by atoms with Crippen LogP contribution >= 0.6 is 0 Å². The van der Waals surface area contributed by atoms with E-state index in [0.29, 0.717) is 17.7 Å². The Balaban J connectivity index is 1.51. The molecule has 3 rings (SSSR count). The van der Waals surface area contributed by atoms with Gasteiger partial charge in [0.05, 0.1) is 5.56 Å². The molecule has 2 aromatic rings. The number of benzene rings is 2. The van der Waals surface area contributed by atoms with Crippen LogP contribution in [0.4, 0.5) is 11.4 Å². The molecule has 1 fully saturated rings. The van der Waals surface area contributed by atoms with Crippen LogP contribution in [-0.2, 0) is 14.3 Å². The van der Waals surface area contributed by atoms with Gasteiger partial charge in [0.2, 0.25) is 5.91 Å². The normalized spacial score (nSPS) is 13.6. The van der Waals surface area contributed by atoms with E-state index in [9.17, 15) is 14.4 Å². The number of carbonyl (C=O) groups is 3. The van der Waals surface area contributed by atoms with Crippen molar-refractivity contribution in [2.45, 2.75) is 19.8 Å². The molecular formula is C20H20N2O4. The first-order valence-electron chi connectivity index (χ1n) is 8.47. The van der Waals surface area contributed by atoms with Crippen LogP contribution in [0, 0.1) is 6.92 Å². The molecule has 2 aromatic carbocycles. The molecule has 0 aliphatic carbocycles. The summed E-state index contributed by atoms with van der Waals surface area (Å²) in [6.45, 7) is 2.24. The highest BCUT2D eigenvalue weighted by Gasteiger charge is 2.21. The number of esters is 1. The minimum atomic E-state index is -0.535. The van der Waals surface area contributed by atoms with Gasteiger partial charge in [-0.15, -0.1) is 0 Å². The zero-order chi connectivity index (χ0) is 18.5. The topological polar surface area (TPSA) is 75.7 Å². The van der Waals surface area contributed by atoms with Crippen molar-refractivity contribution in [2.24, 2.45) is 0 Å². The molecule has 2 amide bonds. The number of anilines is 2. The summed E-state index contributed by atoms with van der Waals surface area (Å²) in [4.78, 5) is 37.4. The Hall–Kier alpha value is -3.15. The smallest absolute Gasteiger partial charge is 0.338 e. The van der Waals surface area contributed by atoms with Crippen LogP contribution in [0.1, 0.15) is 28.8 Å². The Kier molecular flexibility index (Phi) is 5.31. The lowest BCUT2D eigenvalue weighted by Gasteiger charge is -2.16. The van der Waals surface area contributed by atoms with E-state index in [2.05, 4.69) is 5.32 Å². The third-order valence-electron chi connectivity index (χ3n) is 4.12. The highest BCUT2D eigenvalue weighted by atomic mass is 16.5. The Morgan fingerprint density at radius 1 is 1.15 bits per heavy atom. The van der Waals surface area contributed by atoms with Crippen LogP contribution in [0.5, 0.6) is 0 Å². The van der Waals surface area contributed by atoms with Crippen molar-refractivity contribution >= 4 is 29.2 Å². The van der Waals surface area contributed by atoms with Gasteiger partial charge in [-0.3, -0.25) is 9.59 Å². The average molecular weight is 352 g/mol. The molecule has 0 radical (unpaired) electrons. The van der Waals surface area contributed by atoms with Crippen LogP contribution in [0.3, 0.4) is 0 Å². The molecule has 6 nitrogen and oxygen atoms in total. The second-order valence-corrected chi connectivity index (χ2v) is 6.19. The van der Waals surface area contributed by atoms with Crippen LogP contribution in [0.2, 0.25) is 0 Å².